The average molecular weight is 344 g/mol. The summed E-state index contributed by atoms with van der Waals surface area (Å²) in [5.74, 6) is 0.692. The second kappa shape index (κ2) is 7.22. The molecule has 1 unspecified atom stereocenters. The second-order valence-corrected chi connectivity index (χ2v) is 6.16. The van der Waals surface area contributed by atoms with Crippen molar-refractivity contribution in [1.82, 2.24) is 9.78 Å². The van der Waals surface area contributed by atoms with E-state index in [1.165, 1.54) is 30.4 Å². The fraction of sp³-hybridized carbons (Fsp3) is 0.714. The Morgan fingerprint density at radius 2 is 2.25 bits per heavy atom. The van der Waals surface area contributed by atoms with Gasteiger partial charge in [-0.1, -0.05) is 12.8 Å². The number of hydrogen-bond acceptors (Lipinski definition) is 4. The van der Waals surface area contributed by atoms with E-state index in [1.807, 2.05) is 0 Å². The first kappa shape index (κ1) is 15.5. The molecule has 0 radical (unpaired) electrons. The van der Waals surface area contributed by atoms with Crippen LogP contribution in [0.1, 0.15) is 32.6 Å². The molecule has 1 aliphatic rings. The third kappa shape index (κ3) is 3.61. The minimum Gasteiger partial charge on any atom is -0.383 e. The van der Waals surface area contributed by atoms with Gasteiger partial charge in [0.25, 0.3) is 5.56 Å². The summed E-state index contributed by atoms with van der Waals surface area (Å²) in [6.07, 6.45) is 6.88. The van der Waals surface area contributed by atoms with Gasteiger partial charge >= 0.3 is 0 Å². The van der Waals surface area contributed by atoms with Gasteiger partial charge in [0.05, 0.1) is 25.0 Å². The van der Waals surface area contributed by atoms with E-state index < -0.39 is 0 Å². The van der Waals surface area contributed by atoms with E-state index in [4.69, 9.17) is 4.74 Å². The summed E-state index contributed by atoms with van der Waals surface area (Å²) in [5, 5.41) is 7.61. The smallest absolute Gasteiger partial charge is 0.283 e. The molecule has 1 atom stereocenters. The van der Waals surface area contributed by atoms with Crippen molar-refractivity contribution in [1.29, 1.82) is 0 Å². The number of ether oxygens (including phenoxy) is 1. The zero-order valence-electron chi connectivity index (χ0n) is 12.1. The predicted molar refractivity (Wildman–Crippen MR) is 83.1 cm³/mol. The molecule has 1 heterocycles. The third-order valence-corrected chi connectivity index (χ3v) is 4.75. The van der Waals surface area contributed by atoms with E-state index in [2.05, 4.69) is 33.3 Å². The van der Waals surface area contributed by atoms with Gasteiger partial charge in [-0.15, -0.1) is 0 Å². The summed E-state index contributed by atoms with van der Waals surface area (Å²) < 4.78 is 6.94. The quantitative estimate of drug-likeness (QED) is 0.862. The SMILES string of the molecule is COCCn1ncc(NC(C)C2CCCC2)c(Br)c1=O. The van der Waals surface area contributed by atoms with Crippen LogP contribution in [0.15, 0.2) is 15.5 Å². The molecule has 0 bridgehead atoms. The van der Waals surface area contributed by atoms with Gasteiger partial charge in [-0.25, -0.2) is 4.68 Å². The van der Waals surface area contributed by atoms with Gasteiger partial charge in [0.2, 0.25) is 0 Å². The molecular formula is C14H22BrN3O2. The van der Waals surface area contributed by atoms with Crippen LogP contribution >= 0.6 is 15.9 Å². The van der Waals surface area contributed by atoms with Crippen molar-refractivity contribution in [3.63, 3.8) is 0 Å². The molecule has 0 spiro atoms. The maximum Gasteiger partial charge on any atom is 0.283 e. The van der Waals surface area contributed by atoms with Crippen molar-refractivity contribution in [3.05, 3.63) is 21.0 Å². The van der Waals surface area contributed by atoms with E-state index in [0.717, 1.165) is 5.69 Å². The fourth-order valence-corrected chi connectivity index (χ4v) is 3.14. The van der Waals surface area contributed by atoms with Crippen LogP contribution in [0.3, 0.4) is 0 Å². The Labute approximate surface area is 127 Å². The van der Waals surface area contributed by atoms with Crippen LogP contribution in [0.2, 0.25) is 0 Å². The van der Waals surface area contributed by atoms with Crippen LogP contribution < -0.4 is 10.9 Å². The highest BCUT2D eigenvalue weighted by Gasteiger charge is 2.22. The van der Waals surface area contributed by atoms with E-state index >= 15 is 0 Å². The minimum atomic E-state index is -0.120. The maximum atomic E-state index is 12.2. The highest BCUT2D eigenvalue weighted by molar-refractivity contribution is 9.10. The number of aromatic nitrogens is 2. The van der Waals surface area contributed by atoms with Gasteiger partial charge in [-0.3, -0.25) is 4.79 Å². The Bertz CT molecular complexity index is 498. The van der Waals surface area contributed by atoms with Gasteiger partial charge in [0.1, 0.15) is 4.47 Å². The summed E-state index contributed by atoms with van der Waals surface area (Å²) in [7, 11) is 1.61. The highest BCUT2D eigenvalue weighted by Crippen LogP contribution is 2.30. The van der Waals surface area contributed by atoms with Crippen molar-refractivity contribution in [3.8, 4) is 0 Å². The van der Waals surface area contributed by atoms with Crippen LogP contribution in [0.25, 0.3) is 0 Å². The van der Waals surface area contributed by atoms with Gasteiger partial charge in [-0.05, 0) is 41.6 Å². The molecule has 1 saturated carbocycles. The number of anilines is 1. The minimum absolute atomic E-state index is 0.120. The van der Waals surface area contributed by atoms with Crippen molar-refractivity contribution < 1.29 is 4.74 Å². The van der Waals surface area contributed by atoms with Crippen LogP contribution in [0, 0.1) is 5.92 Å². The molecule has 1 aromatic rings. The molecule has 1 aromatic heterocycles. The van der Waals surface area contributed by atoms with Gasteiger partial charge in [0, 0.05) is 13.2 Å². The summed E-state index contributed by atoms with van der Waals surface area (Å²) in [5.41, 5.74) is 0.661. The zero-order valence-corrected chi connectivity index (χ0v) is 13.6. The lowest BCUT2D eigenvalue weighted by Crippen LogP contribution is -2.29. The molecule has 20 heavy (non-hydrogen) atoms. The van der Waals surface area contributed by atoms with Gasteiger partial charge in [0.15, 0.2) is 0 Å². The van der Waals surface area contributed by atoms with E-state index in [-0.39, 0.29) is 5.56 Å². The molecule has 5 nitrogen and oxygen atoms in total. The molecule has 0 saturated heterocycles. The summed E-state index contributed by atoms with van der Waals surface area (Å²) in [6, 6.07) is 0.366. The van der Waals surface area contributed by atoms with Crippen molar-refractivity contribution in [2.24, 2.45) is 5.92 Å². The molecule has 0 amide bonds. The van der Waals surface area contributed by atoms with Gasteiger partial charge in [-0.2, -0.15) is 5.10 Å². The van der Waals surface area contributed by atoms with Crippen molar-refractivity contribution in [2.45, 2.75) is 45.2 Å². The second-order valence-electron chi connectivity index (χ2n) is 5.37. The number of rotatable bonds is 6. The lowest BCUT2D eigenvalue weighted by molar-refractivity contribution is 0.181. The summed E-state index contributed by atoms with van der Waals surface area (Å²) in [4.78, 5) is 12.2. The number of methoxy groups -OCH3 is 1. The normalized spacial score (nSPS) is 17.4. The zero-order chi connectivity index (χ0) is 14.5. The van der Waals surface area contributed by atoms with Crippen LogP contribution in [0.5, 0.6) is 0 Å². The Kier molecular flexibility index (Phi) is 5.60. The summed E-state index contributed by atoms with van der Waals surface area (Å²) >= 11 is 3.38. The van der Waals surface area contributed by atoms with E-state index in [9.17, 15) is 4.79 Å². The lowest BCUT2D eigenvalue weighted by atomic mass is 10.00. The Hall–Kier alpha value is -0.880. The predicted octanol–water partition coefficient (Wildman–Crippen LogP) is 2.64. The topological polar surface area (TPSA) is 56.1 Å². The molecule has 0 aromatic carbocycles. The maximum absolute atomic E-state index is 12.2. The molecule has 0 aliphatic heterocycles. The number of nitrogens with zero attached hydrogens (tertiary/aromatic N) is 2. The molecule has 1 fully saturated rings. The first-order valence-corrected chi connectivity index (χ1v) is 7.94. The van der Waals surface area contributed by atoms with Crippen molar-refractivity contribution in [2.75, 3.05) is 19.0 Å². The third-order valence-electron chi connectivity index (χ3n) is 3.98. The first-order chi connectivity index (χ1) is 9.63. The first-order valence-electron chi connectivity index (χ1n) is 7.14. The fourth-order valence-electron chi connectivity index (χ4n) is 2.72. The summed E-state index contributed by atoms with van der Waals surface area (Å²) in [6.45, 7) is 3.12. The highest BCUT2D eigenvalue weighted by atomic mass is 79.9. The average Bonchev–Trinajstić information content (AvgIpc) is 2.97. The van der Waals surface area contributed by atoms with Gasteiger partial charge < -0.3 is 10.1 Å². The number of halogens is 1. The molecule has 6 heteroatoms. The van der Waals surface area contributed by atoms with E-state index in [0.29, 0.717) is 29.6 Å². The molecule has 1 N–H and O–H groups in total. The Morgan fingerprint density at radius 3 is 2.90 bits per heavy atom. The largest absolute Gasteiger partial charge is 0.383 e. The molecule has 2 rings (SSSR count). The number of nitrogens with one attached hydrogen (secondary N) is 1. The number of hydrogen-bond donors (Lipinski definition) is 1. The lowest BCUT2D eigenvalue weighted by Gasteiger charge is -2.22. The van der Waals surface area contributed by atoms with E-state index in [1.54, 1.807) is 13.3 Å². The van der Waals surface area contributed by atoms with Crippen LogP contribution in [-0.4, -0.2) is 29.5 Å². The van der Waals surface area contributed by atoms with Crippen LogP contribution in [0.4, 0.5) is 5.69 Å². The van der Waals surface area contributed by atoms with Crippen molar-refractivity contribution >= 4 is 21.6 Å². The molecule has 112 valence electrons. The molecule has 1 aliphatic carbocycles. The Morgan fingerprint density at radius 1 is 1.55 bits per heavy atom. The monoisotopic (exact) mass is 343 g/mol. The van der Waals surface area contributed by atoms with Crippen LogP contribution in [-0.2, 0) is 11.3 Å². The Balaban J connectivity index is 2.08. The molecular weight excluding hydrogens is 322 g/mol. The standard InChI is InChI=1S/C14H22BrN3O2/c1-10(11-5-3-4-6-11)17-12-9-16-18(7-8-20-2)14(19)13(12)15/h9-11,17H,3-8H2,1-2H3.